The normalized spacial score (nSPS) is 32.6. The Hall–Kier alpha value is -2.24. The fourth-order valence-electron chi connectivity index (χ4n) is 4.82. The maximum atomic E-state index is 12.1. The van der Waals surface area contributed by atoms with Crippen molar-refractivity contribution in [2.24, 2.45) is 11.8 Å². The number of aliphatic hydroxyl groups excluding tert-OH is 3. The summed E-state index contributed by atoms with van der Waals surface area (Å²) in [6.07, 6.45) is 13.3. The topological polar surface area (TPSA) is 154 Å². The van der Waals surface area contributed by atoms with Crippen LogP contribution < -0.4 is 0 Å². The quantitative estimate of drug-likeness (QED) is 0.0633. The van der Waals surface area contributed by atoms with Crippen LogP contribution in [-0.4, -0.2) is 79.2 Å². The van der Waals surface area contributed by atoms with Gasteiger partial charge in [0.15, 0.2) is 5.79 Å². The Morgan fingerprint density at radius 1 is 1.09 bits per heavy atom. The van der Waals surface area contributed by atoms with Gasteiger partial charge in [-0.1, -0.05) is 79.6 Å². The fourth-order valence-corrected chi connectivity index (χ4v) is 5.26. The van der Waals surface area contributed by atoms with E-state index in [1.807, 2.05) is 19.9 Å². The molecule has 1 aliphatic heterocycles. The van der Waals surface area contributed by atoms with Gasteiger partial charge < -0.3 is 35.0 Å². The molecule has 9 nitrogen and oxygen atoms in total. The van der Waals surface area contributed by atoms with Crippen molar-refractivity contribution >= 4 is 35.1 Å². The van der Waals surface area contributed by atoms with Gasteiger partial charge in [-0.15, -0.1) is 11.6 Å². The van der Waals surface area contributed by atoms with Gasteiger partial charge in [0.1, 0.15) is 6.10 Å². The van der Waals surface area contributed by atoms with Crippen molar-refractivity contribution in [1.82, 2.24) is 0 Å². The standard InChI is InChI=1S/C32H44Cl2O9/c1-4-5-13-27-30(34)26(37)19-32(41,43-27)18-25(36)21(3)23(33)12-8-6-10-20(2)11-7-9-14-29(38)42-28-17-22(31(39)40)15-16-24(28)35/h5-14,21-22,24-28,30,35-37,41H,4,15-19H2,1-3H3,(H,39,40)/b8-6+,11-7+,13-5+,14-9+,20-10+,23-12-/t21-,22+,24+,25+,26?,27?,28-,30?,32?/m1/s1. The van der Waals surface area contributed by atoms with Crippen molar-refractivity contribution in [2.45, 2.75) is 101 Å². The Bertz CT molecular complexity index is 1110. The summed E-state index contributed by atoms with van der Waals surface area (Å²) in [6, 6.07) is 0. The fraction of sp³-hybridized carbons (Fsp3) is 0.562. The molecule has 0 aromatic rings. The summed E-state index contributed by atoms with van der Waals surface area (Å²) in [5, 5.41) is 50.8. The number of carboxylic acids is 1. The summed E-state index contributed by atoms with van der Waals surface area (Å²) in [5.41, 5.74) is 0.860. The van der Waals surface area contributed by atoms with E-state index in [4.69, 9.17) is 37.8 Å². The monoisotopic (exact) mass is 642 g/mol. The Morgan fingerprint density at radius 3 is 2.44 bits per heavy atom. The smallest absolute Gasteiger partial charge is 0.331 e. The van der Waals surface area contributed by atoms with Crippen LogP contribution in [0.25, 0.3) is 0 Å². The number of ether oxygens (including phenoxy) is 2. The minimum Gasteiger partial charge on any atom is -0.481 e. The molecule has 5 N–H and O–H groups in total. The van der Waals surface area contributed by atoms with Gasteiger partial charge in [0.2, 0.25) is 0 Å². The van der Waals surface area contributed by atoms with E-state index in [9.17, 15) is 30.0 Å². The van der Waals surface area contributed by atoms with Gasteiger partial charge in [0, 0.05) is 36.3 Å². The highest BCUT2D eigenvalue weighted by molar-refractivity contribution is 6.30. The molecule has 11 heteroatoms. The molecule has 1 aliphatic carbocycles. The largest absolute Gasteiger partial charge is 0.481 e. The van der Waals surface area contributed by atoms with Crippen LogP contribution in [0.15, 0.2) is 71.4 Å². The first-order valence-electron chi connectivity index (χ1n) is 14.5. The molecule has 2 aliphatic rings. The molecular formula is C32H44Cl2O9. The third kappa shape index (κ3) is 12.3. The number of hydrogen-bond donors (Lipinski definition) is 5. The minimum absolute atomic E-state index is 0.0867. The number of carboxylic acid groups (broad SMARTS) is 1. The van der Waals surface area contributed by atoms with Crippen LogP contribution in [0.2, 0.25) is 0 Å². The van der Waals surface area contributed by atoms with Crippen LogP contribution in [0.1, 0.15) is 59.3 Å². The van der Waals surface area contributed by atoms with Crippen molar-refractivity contribution in [3.8, 4) is 0 Å². The highest BCUT2D eigenvalue weighted by Crippen LogP contribution is 2.36. The lowest BCUT2D eigenvalue weighted by Gasteiger charge is -2.42. The molecule has 1 saturated carbocycles. The number of carbonyl (C=O) groups is 2. The van der Waals surface area contributed by atoms with Crippen LogP contribution >= 0.6 is 23.2 Å². The molecule has 0 spiro atoms. The molecule has 0 radical (unpaired) electrons. The van der Waals surface area contributed by atoms with Crippen molar-refractivity contribution in [1.29, 1.82) is 0 Å². The predicted molar refractivity (Wildman–Crippen MR) is 165 cm³/mol. The van der Waals surface area contributed by atoms with Crippen LogP contribution in [0.3, 0.4) is 0 Å². The second-order valence-corrected chi connectivity index (χ2v) is 12.0. The average molecular weight is 644 g/mol. The van der Waals surface area contributed by atoms with E-state index in [0.29, 0.717) is 11.5 Å². The van der Waals surface area contributed by atoms with Crippen LogP contribution in [0.4, 0.5) is 0 Å². The summed E-state index contributed by atoms with van der Waals surface area (Å²) >= 11 is 12.6. The third-order valence-electron chi connectivity index (χ3n) is 7.47. The van der Waals surface area contributed by atoms with E-state index >= 15 is 0 Å². The van der Waals surface area contributed by atoms with Gasteiger partial charge in [-0.25, -0.2) is 4.79 Å². The second-order valence-electron chi connectivity index (χ2n) is 11.1. The number of allylic oxidation sites excluding steroid dienone is 9. The highest BCUT2D eigenvalue weighted by atomic mass is 35.5. The number of halogens is 2. The maximum absolute atomic E-state index is 12.1. The molecule has 0 bridgehead atoms. The number of carbonyl (C=O) groups excluding carboxylic acids is 1. The van der Waals surface area contributed by atoms with E-state index in [1.165, 1.54) is 12.2 Å². The first kappa shape index (κ1) is 36.9. The van der Waals surface area contributed by atoms with Crippen LogP contribution in [0.5, 0.6) is 0 Å². The summed E-state index contributed by atoms with van der Waals surface area (Å²) < 4.78 is 11.0. The van der Waals surface area contributed by atoms with Crippen LogP contribution in [0, 0.1) is 11.8 Å². The van der Waals surface area contributed by atoms with Gasteiger partial charge >= 0.3 is 11.9 Å². The Balaban J connectivity index is 1.86. The average Bonchev–Trinajstić information content (AvgIpc) is 2.94. The van der Waals surface area contributed by atoms with E-state index in [2.05, 4.69) is 0 Å². The predicted octanol–water partition coefficient (Wildman–Crippen LogP) is 4.68. The summed E-state index contributed by atoms with van der Waals surface area (Å²) in [7, 11) is 0. The Labute approximate surface area is 263 Å². The number of alkyl halides is 1. The lowest BCUT2D eigenvalue weighted by atomic mass is 9.85. The van der Waals surface area contributed by atoms with E-state index in [1.54, 1.807) is 49.5 Å². The number of hydrogen-bond acceptors (Lipinski definition) is 8. The van der Waals surface area contributed by atoms with Crippen molar-refractivity contribution in [3.05, 3.63) is 71.4 Å². The Kier molecular flexibility index (Phi) is 15.4. The molecule has 240 valence electrons. The van der Waals surface area contributed by atoms with Crippen molar-refractivity contribution in [2.75, 3.05) is 0 Å². The molecule has 0 aromatic heterocycles. The zero-order chi connectivity index (χ0) is 32.2. The Morgan fingerprint density at radius 2 is 1.77 bits per heavy atom. The molecule has 4 unspecified atom stereocenters. The van der Waals surface area contributed by atoms with Gasteiger partial charge in [-0.3, -0.25) is 4.79 Å². The number of rotatable bonds is 13. The van der Waals surface area contributed by atoms with E-state index in [0.717, 1.165) is 12.0 Å². The van der Waals surface area contributed by atoms with Crippen molar-refractivity contribution in [3.63, 3.8) is 0 Å². The highest BCUT2D eigenvalue weighted by Gasteiger charge is 2.45. The number of aliphatic hydroxyl groups is 4. The molecule has 1 saturated heterocycles. The van der Waals surface area contributed by atoms with Crippen LogP contribution in [-0.2, 0) is 19.1 Å². The molecule has 1 heterocycles. The summed E-state index contributed by atoms with van der Waals surface area (Å²) in [4.78, 5) is 23.2. The van der Waals surface area contributed by atoms with Crippen molar-refractivity contribution < 1.29 is 44.6 Å². The molecule has 0 amide bonds. The molecular weight excluding hydrogens is 599 g/mol. The van der Waals surface area contributed by atoms with Gasteiger partial charge in [0.25, 0.3) is 0 Å². The zero-order valence-corrected chi connectivity index (χ0v) is 26.3. The number of aliphatic carboxylic acids is 1. The maximum Gasteiger partial charge on any atom is 0.331 e. The molecule has 9 atom stereocenters. The van der Waals surface area contributed by atoms with Gasteiger partial charge in [0.05, 0.1) is 35.7 Å². The van der Waals surface area contributed by atoms with E-state index in [-0.39, 0.29) is 25.7 Å². The lowest BCUT2D eigenvalue weighted by molar-refractivity contribution is -0.272. The van der Waals surface area contributed by atoms with Gasteiger partial charge in [-0.05, 0) is 32.3 Å². The lowest BCUT2D eigenvalue weighted by Crippen LogP contribution is -2.53. The van der Waals surface area contributed by atoms with Gasteiger partial charge in [-0.2, -0.15) is 0 Å². The third-order valence-corrected chi connectivity index (χ3v) is 8.48. The number of esters is 1. The molecule has 2 rings (SSSR count). The first-order chi connectivity index (χ1) is 20.3. The summed E-state index contributed by atoms with van der Waals surface area (Å²) in [5.74, 6) is -4.53. The molecule has 0 aromatic carbocycles. The minimum atomic E-state index is -1.76. The first-order valence-corrected chi connectivity index (χ1v) is 15.3. The zero-order valence-electron chi connectivity index (χ0n) is 24.8. The summed E-state index contributed by atoms with van der Waals surface area (Å²) in [6.45, 7) is 5.52. The second kappa shape index (κ2) is 17.9. The SMILES string of the molecule is CC/C=C/C1OC(O)(C[C@H](O)[C@H](C)/C(Cl)=C/C=C/C=C(C)/C=C/C=C/C(=O)O[C@@H]2C[C@@H](C(=O)O)CC[C@@H]2O)CC(O)C1Cl. The molecule has 2 fully saturated rings. The molecule has 43 heavy (non-hydrogen) atoms. The van der Waals surface area contributed by atoms with E-state index < -0.39 is 65.5 Å².